The standard InChI is InChI=1S/C32H43NO7/c1-5-29-17-33(6-2)25-21-14-22(29)32(25,24(38-4)15-23(29)35)31(37)16-20-12-13-30(31,27(21)39-18(3)34)26(20)40-28(36)19-10-8-7-9-11-19/h7-11,20-27,35,37H,5-6,12-17H2,1-4H3/t20-,21-,22+,23-,24+,25-,26+,27-,29-,30-,31-,32-/m0/s1. The maximum absolute atomic E-state index is 13.6. The fourth-order valence-electron chi connectivity index (χ4n) is 11.9. The third-order valence-electron chi connectivity index (χ3n) is 12.9. The largest absolute Gasteiger partial charge is 0.461 e. The van der Waals surface area contributed by atoms with E-state index in [0.717, 1.165) is 32.4 Å². The molecule has 5 aliphatic carbocycles. The maximum atomic E-state index is 13.6. The third kappa shape index (κ3) is 2.82. The average molecular weight is 554 g/mol. The highest BCUT2D eigenvalue weighted by atomic mass is 16.6. The first-order valence-electron chi connectivity index (χ1n) is 15.3. The van der Waals surface area contributed by atoms with Crippen LogP contribution in [-0.2, 0) is 19.0 Å². The summed E-state index contributed by atoms with van der Waals surface area (Å²) in [5.41, 5.74) is -2.80. The van der Waals surface area contributed by atoms with Crippen LogP contribution in [0.5, 0.6) is 0 Å². The van der Waals surface area contributed by atoms with Gasteiger partial charge in [0, 0.05) is 49.8 Å². The molecule has 6 aliphatic rings. The van der Waals surface area contributed by atoms with Crippen LogP contribution in [0.1, 0.15) is 69.7 Å². The van der Waals surface area contributed by atoms with Gasteiger partial charge in [-0.15, -0.1) is 0 Å². The minimum atomic E-state index is -1.29. The maximum Gasteiger partial charge on any atom is 0.338 e. The molecular formula is C32H43NO7. The molecule has 2 N–H and O–H groups in total. The predicted molar refractivity (Wildman–Crippen MR) is 145 cm³/mol. The van der Waals surface area contributed by atoms with Crippen molar-refractivity contribution in [1.29, 1.82) is 0 Å². The average Bonchev–Trinajstić information content (AvgIpc) is 3.50. The summed E-state index contributed by atoms with van der Waals surface area (Å²) in [5, 5.41) is 25.3. The van der Waals surface area contributed by atoms with Gasteiger partial charge in [0.15, 0.2) is 0 Å². The molecule has 0 amide bonds. The molecule has 0 unspecified atom stereocenters. The van der Waals surface area contributed by atoms with E-state index >= 15 is 0 Å². The fraction of sp³-hybridized carbons (Fsp3) is 0.750. The number of hydrogen-bond acceptors (Lipinski definition) is 8. The van der Waals surface area contributed by atoms with Crippen LogP contribution in [0, 0.1) is 34.0 Å². The molecule has 1 aliphatic heterocycles. The van der Waals surface area contributed by atoms with Crippen LogP contribution in [0.25, 0.3) is 0 Å². The molecule has 7 bridgehead atoms. The van der Waals surface area contributed by atoms with E-state index in [-0.39, 0.29) is 35.9 Å². The van der Waals surface area contributed by atoms with Gasteiger partial charge in [-0.2, -0.15) is 0 Å². The lowest BCUT2D eigenvalue weighted by atomic mass is 9.38. The highest BCUT2D eigenvalue weighted by Gasteiger charge is 2.91. The molecule has 2 spiro atoms. The van der Waals surface area contributed by atoms with Gasteiger partial charge in [0.25, 0.3) is 0 Å². The van der Waals surface area contributed by atoms with Crippen LogP contribution in [-0.4, -0.2) is 83.3 Å². The number of ether oxygens (including phenoxy) is 3. The number of likely N-dealkylation sites (tertiary alicyclic amines) is 1. The first-order chi connectivity index (χ1) is 19.2. The second-order valence-electron chi connectivity index (χ2n) is 13.6. The molecule has 0 aromatic heterocycles. The highest BCUT2D eigenvalue weighted by Crippen LogP contribution is 2.83. The summed E-state index contributed by atoms with van der Waals surface area (Å²) in [7, 11) is 1.71. The van der Waals surface area contributed by atoms with Crippen LogP contribution in [0.2, 0.25) is 0 Å². The zero-order valence-electron chi connectivity index (χ0n) is 24.0. The summed E-state index contributed by atoms with van der Waals surface area (Å²) in [4.78, 5) is 28.7. The monoisotopic (exact) mass is 553 g/mol. The number of nitrogens with zero attached hydrogens (tertiary/aromatic N) is 1. The Morgan fingerprint density at radius 3 is 2.50 bits per heavy atom. The van der Waals surface area contributed by atoms with Gasteiger partial charge >= 0.3 is 11.9 Å². The zero-order valence-corrected chi connectivity index (χ0v) is 24.0. The normalized spacial score (nSPS) is 50.0. The molecule has 218 valence electrons. The number of esters is 2. The molecule has 1 saturated heterocycles. The van der Waals surface area contributed by atoms with Crippen molar-refractivity contribution in [3.8, 4) is 0 Å². The summed E-state index contributed by atoms with van der Waals surface area (Å²) in [5.74, 6) is -0.870. The molecule has 1 heterocycles. The molecule has 1 aromatic carbocycles. The fourth-order valence-corrected chi connectivity index (χ4v) is 11.9. The smallest absolute Gasteiger partial charge is 0.338 e. The first kappa shape index (κ1) is 26.9. The third-order valence-corrected chi connectivity index (χ3v) is 12.9. The number of rotatable bonds is 6. The predicted octanol–water partition coefficient (Wildman–Crippen LogP) is 3.19. The minimum Gasteiger partial charge on any atom is -0.461 e. The van der Waals surface area contributed by atoms with E-state index in [1.165, 1.54) is 6.92 Å². The van der Waals surface area contributed by atoms with Crippen molar-refractivity contribution in [3.05, 3.63) is 35.9 Å². The number of aliphatic hydroxyl groups is 2. The summed E-state index contributed by atoms with van der Waals surface area (Å²) in [6.45, 7) is 7.28. The van der Waals surface area contributed by atoms with E-state index in [9.17, 15) is 19.8 Å². The molecule has 1 aromatic rings. The van der Waals surface area contributed by atoms with Crippen molar-refractivity contribution in [2.75, 3.05) is 20.2 Å². The zero-order chi connectivity index (χ0) is 28.2. The number of carbonyl (C=O) groups is 2. The number of hydrogen-bond donors (Lipinski definition) is 2. The molecule has 8 heteroatoms. The van der Waals surface area contributed by atoms with E-state index in [2.05, 4.69) is 18.7 Å². The Hall–Kier alpha value is -2.00. The lowest BCUT2D eigenvalue weighted by Gasteiger charge is -2.73. The minimum absolute atomic E-state index is 0.00348. The van der Waals surface area contributed by atoms with Gasteiger partial charge in [0.05, 0.1) is 28.8 Å². The van der Waals surface area contributed by atoms with Crippen LogP contribution >= 0.6 is 0 Å². The van der Waals surface area contributed by atoms with Crippen molar-refractivity contribution in [3.63, 3.8) is 0 Å². The summed E-state index contributed by atoms with van der Waals surface area (Å²) in [6, 6.07) is 8.94. The van der Waals surface area contributed by atoms with Gasteiger partial charge in [0.2, 0.25) is 0 Å². The molecule has 6 fully saturated rings. The van der Waals surface area contributed by atoms with Crippen LogP contribution < -0.4 is 0 Å². The first-order valence-corrected chi connectivity index (χ1v) is 15.3. The topological polar surface area (TPSA) is 106 Å². The molecule has 12 atom stereocenters. The van der Waals surface area contributed by atoms with Gasteiger partial charge in [-0.3, -0.25) is 9.69 Å². The van der Waals surface area contributed by atoms with Crippen molar-refractivity contribution in [2.24, 2.45) is 34.0 Å². The highest BCUT2D eigenvalue weighted by molar-refractivity contribution is 5.89. The number of piperidine rings is 1. The van der Waals surface area contributed by atoms with E-state index in [4.69, 9.17) is 14.2 Å². The van der Waals surface area contributed by atoms with Crippen LogP contribution in [0.3, 0.4) is 0 Å². The second-order valence-corrected chi connectivity index (χ2v) is 13.6. The molecule has 0 radical (unpaired) electrons. The van der Waals surface area contributed by atoms with Crippen molar-refractivity contribution in [1.82, 2.24) is 4.90 Å². The number of fused-ring (bicyclic) bond motifs is 1. The molecule has 8 nitrogen and oxygen atoms in total. The Morgan fingerprint density at radius 1 is 1.10 bits per heavy atom. The Bertz CT molecular complexity index is 1210. The number of carbonyl (C=O) groups excluding carboxylic acids is 2. The lowest BCUT2D eigenvalue weighted by molar-refractivity contribution is -0.347. The summed E-state index contributed by atoms with van der Waals surface area (Å²) in [6.07, 6.45) is 1.86. The molecule has 5 saturated carbocycles. The SMILES string of the molecule is CCN1C[C@@]2(CC)[C@H]3C[C@H]4[C@H]1[C@]3([C@H](OC)C[C@@H]2O)[C@]1(O)C[C@@H]2CC[C@]1([C@@H]2OC(=O)c1ccccc1)[C@H]4OC(C)=O. The Balaban J connectivity index is 1.44. The molecule has 40 heavy (non-hydrogen) atoms. The lowest BCUT2D eigenvalue weighted by Crippen LogP contribution is -2.84. The van der Waals surface area contributed by atoms with Crippen molar-refractivity contribution < 1.29 is 34.0 Å². The summed E-state index contributed by atoms with van der Waals surface area (Å²) >= 11 is 0. The Kier molecular flexibility index (Phi) is 5.88. The van der Waals surface area contributed by atoms with Gasteiger partial charge < -0.3 is 24.4 Å². The van der Waals surface area contributed by atoms with E-state index in [0.29, 0.717) is 24.8 Å². The van der Waals surface area contributed by atoms with Gasteiger partial charge in [0.1, 0.15) is 12.2 Å². The number of benzene rings is 1. The van der Waals surface area contributed by atoms with E-state index in [1.54, 1.807) is 19.2 Å². The summed E-state index contributed by atoms with van der Waals surface area (Å²) < 4.78 is 19.0. The molecule has 7 rings (SSSR count). The quantitative estimate of drug-likeness (QED) is 0.518. The van der Waals surface area contributed by atoms with Gasteiger partial charge in [-0.1, -0.05) is 32.0 Å². The van der Waals surface area contributed by atoms with Crippen LogP contribution in [0.15, 0.2) is 30.3 Å². The van der Waals surface area contributed by atoms with Crippen molar-refractivity contribution in [2.45, 2.75) is 95.4 Å². The number of methoxy groups -OCH3 is 1. The Morgan fingerprint density at radius 2 is 1.85 bits per heavy atom. The molecular weight excluding hydrogens is 510 g/mol. The Labute approximate surface area is 236 Å². The second kappa shape index (κ2) is 8.76. The van der Waals surface area contributed by atoms with Crippen molar-refractivity contribution >= 4 is 11.9 Å². The number of aliphatic hydroxyl groups excluding tert-OH is 1. The van der Waals surface area contributed by atoms with Crippen LogP contribution in [0.4, 0.5) is 0 Å². The van der Waals surface area contributed by atoms with E-state index < -0.39 is 46.1 Å². The van der Waals surface area contributed by atoms with Gasteiger partial charge in [-0.25, -0.2) is 4.79 Å². The van der Waals surface area contributed by atoms with E-state index in [1.807, 2.05) is 18.2 Å². The van der Waals surface area contributed by atoms with Gasteiger partial charge in [-0.05, 0) is 62.6 Å².